The number of ether oxygens (including phenoxy) is 2. The molecule has 0 aromatic carbocycles. The van der Waals surface area contributed by atoms with Crippen LogP contribution < -0.4 is 0 Å². The van der Waals surface area contributed by atoms with E-state index in [2.05, 4.69) is 4.84 Å². The Morgan fingerprint density at radius 2 is 2.33 bits per heavy atom. The van der Waals surface area contributed by atoms with Crippen LogP contribution in [0.4, 0.5) is 0 Å². The molecule has 5 atom stereocenters. The molecule has 1 unspecified atom stereocenters. The minimum absolute atomic E-state index is 0.0875. The van der Waals surface area contributed by atoms with E-state index in [-0.39, 0.29) is 19.6 Å². The molecule has 0 aromatic heterocycles. The molecule has 2 saturated heterocycles. The van der Waals surface area contributed by atoms with Crippen LogP contribution in [0.15, 0.2) is 0 Å². The Bertz CT molecular complexity index is 349. The molecular formula is C9H13NO8. The summed E-state index contributed by atoms with van der Waals surface area (Å²) >= 11 is 0. The molecule has 0 bridgehead atoms. The largest absolute Gasteiger partial charge is 0.386 e. The van der Waals surface area contributed by atoms with Crippen molar-refractivity contribution in [3.63, 3.8) is 0 Å². The monoisotopic (exact) mass is 263 g/mol. The highest BCUT2D eigenvalue weighted by Crippen LogP contribution is 2.37. The van der Waals surface area contributed by atoms with Gasteiger partial charge in [-0.15, -0.1) is 10.1 Å². The van der Waals surface area contributed by atoms with Crippen molar-refractivity contribution in [2.45, 2.75) is 36.4 Å². The smallest absolute Gasteiger partial charge is 0.294 e. The Hall–Kier alpha value is -1.29. The van der Waals surface area contributed by atoms with Crippen LogP contribution in [-0.4, -0.2) is 64.8 Å². The molecule has 2 heterocycles. The maximum atomic E-state index is 10.4. The van der Waals surface area contributed by atoms with Gasteiger partial charge in [0.15, 0.2) is 6.10 Å². The number of nitrogens with zero attached hydrogens (tertiary/aromatic N) is 1. The summed E-state index contributed by atoms with van der Waals surface area (Å²) in [7, 11) is 0. The zero-order valence-electron chi connectivity index (χ0n) is 9.30. The molecule has 9 nitrogen and oxygen atoms in total. The van der Waals surface area contributed by atoms with E-state index in [0.717, 1.165) is 0 Å². The van der Waals surface area contributed by atoms with Gasteiger partial charge in [0.25, 0.3) is 5.09 Å². The lowest BCUT2D eigenvalue weighted by molar-refractivity contribution is -0.769. The van der Waals surface area contributed by atoms with Gasteiger partial charge in [0.2, 0.25) is 0 Å². The summed E-state index contributed by atoms with van der Waals surface area (Å²) < 4.78 is 10.4. The first-order valence-electron chi connectivity index (χ1n) is 5.36. The first-order valence-corrected chi connectivity index (χ1v) is 5.36. The number of aliphatic hydroxyl groups excluding tert-OH is 1. The molecule has 0 aromatic rings. The van der Waals surface area contributed by atoms with Gasteiger partial charge in [-0.2, -0.15) is 0 Å². The molecular weight excluding hydrogens is 250 g/mol. The molecule has 0 aliphatic carbocycles. The van der Waals surface area contributed by atoms with Gasteiger partial charge in [0.1, 0.15) is 30.2 Å². The Balaban J connectivity index is 2.03. The summed E-state index contributed by atoms with van der Waals surface area (Å²) in [6.45, 7) is -0.263. The van der Waals surface area contributed by atoms with Crippen LogP contribution in [0.25, 0.3) is 0 Å². The van der Waals surface area contributed by atoms with Crippen LogP contribution in [0.3, 0.4) is 0 Å². The highest BCUT2D eigenvalue weighted by molar-refractivity contribution is 5.55. The molecule has 0 saturated carbocycles. The normalized spacial score (nSPS) is 40.2. The van der Waals surface area contributed by atoms with Gasteiger partial charge in [0.05, 0.1) is 13.2 Å². The summed E-state index contributed by atoms with van der Waals surface area (Å²) in [5.74, 6) is 0. The third-order valence-electron chi connectivity index (χ3n) is 3.10. The molecule has 0 spiro atoms. The lowest BCUT2D eigenvalue weighted by Gasteiger charge is -2.27. The molecule has 9 heteroatoms. The van der Waals surface area contributed by atoms with E-state index >= 15 is 0 Å². The van der Waals surface area contributed by atoms with Crippen molar-refractivity contribution in [2.75, 3.05) is 13.2 Å². The fraction of sp³-hybridized carbons (Fsp3) is 0.889. The number of fused-ring (bicyclic) bond motifs is 1. The van der Waals surface area contributed by atoms with Crippen LogP contribution in [0.5, 0.6) is 0 Å². The average molecular weight is 263 g/mol. The summed E-state index contributed by atoms with van der Waals surface area (Å²) in [6.07, 6.45) is -3.83. The molecule has 0 radical (unpaired) electrons. The van der Waals surface area contributed by atoms with Crippen LogP contribution in [0.2, 0.25) is 0 Å². The molecule has 2 aliphatic heterocycles. The van der Waals surface area contributed by atoms with Gasteiger partial charge in [-0.05, 0) is 0 Å². The number of hydrogen-bond acceptors (Lipinski definition) is 8. The number of rotatable bonds is 5. The summed E-state index contributed by atoms with van der Waals surface area (Å²) in [4.78, 5) is 25.0. The van der Waals surface area contributed by atoms with E-state index in [0.29, 0.717) is 6.29 Å². The van der Waals surface area contributed by atoms with Crippen LogP contribution in [0, 0.1) is 10.1 Å². The van der Waals surface area contributed by atoms with E-state index in [1.54, 1.807) is 0 Å². The quantitative estimate of drug-likeness (QED) is 0.332. The van der Waals surface area contributed by atoms with Crippen molar-refractivity contribution in [3.05, 3.63) is 10.1 Å². The maximum absolute atomic E-state index is 10.4. The predicted molar refractivity (Wildman–Crippen MR) is 53.0 cm³/mol. The topological polar surface area (TPSA) is 128 Å². The second-order valence-corrected chi connectivity index (χ2v) is 4.41. The first-order chi connectivity index (χ1) is 8.46. The summed E-state index contributed by atoms with van der Waals surface area (Å²) in [5, 5.41) is 28.8. The third-order valence-corrected chi connectivity index (χ3v) is 3.10. The zero-order valence-corrected chi connectivity index (χ0v) is 9.30. The molecule has 0 amide bonds. The van der Waals surface area contributed by atoms with E-state index < -0.39 is 35.1 Å². The van der Waals surface area contributed by atoms with Crippen molar-refractivity contribution in [1.29, 1.82) is 0 Å². The second kappa shape index (κ2) is 4.76. The van der Waals surface area contributed by atoms with Gasteiger partial charge in [-0.1, -0.05) is 0 Å². The SMILES string of the molecule is O=CC(O)C[C@@]1(O)CO[C@H]2[C@H](O[N+](=O)[O-])CO[C@@H]21. The minimum Gasteiger partial charge on any atom is -0.386 e. The zero-order chi connectivity index (χ0) is 13.3. The average Bonchev–Trinajstić information content (AvgIpc) is 2.82. The second-order valence-electron chi connectivity index (χ2n) is 4.41. The summed E-state index contributed by atoms with van der Waals surface area (Å²) in [6, 6.07) is 0. The van der Waals surface area contributed by atoms with Gasteiger partial charge in [-0.3, -0.25) is 0 Å². The van der Waals surface area contributed by atoms with E-state index in [9.17, 15) is 25.1 Å². The molecule has 2 aliphatic rings. The Labute approximate surface area is 101 Å². The fourth-order valence-corrected chi connectivity index (χ4v) is 2.35. The van der Waals surface area contributed by atoms with Crippen molar-refractivity contribution < 1.29 is 34.4 Å². The number of carbonyl (C=O) groups excluding carboxylic acids is 1. The first kappa shape index (κ1) is 13.1. The number of aliphatic hydroxyl groups is 2. The standard InChI is InChI=1S/C9H13NO8/c11-2-5(12)1-9(13)4-17-7-6(18-10(14)15)3-16-8(7)9/h2,5-8,12-13H,1,3-4H2/t5?,6-,7+,8+,9-/m1/s1. The fourth-order valence-electron chi connectivity index (χ4n) is 2.35. The van der Waals surface area contributed by atoms with Crippen molar-refractivity contribution in [2.24, 2.45) is 0 Å². The predicted octanol–water partition coefficient (Wildman–Crippen LogP) is -1.96. The Kier molecular flexibility index (Phi) is 3.48. The van der Waals surface area contributed by atoms with Crippen molar-refractivity contribution in [3.8, 4) is 0 Å². The van der Waals surface area contributed by atoms with Gasteiger partial charge < -0.3 is 29.3 Å². The van der Waals surface area contributed by atoms with Gasteiger partial charge in [0, 0.05) is 6.42 Å². The van der Waals surface area contributed by atoms with Crippen LogP contribution in [0.1, 0.15) is 6.42 Å². The Morgan fingerprint density at radius 3 is 2.94 bits per heavy atom. The van der Waals surface area contributed by atoms with Gasteiger partial charge in [-0.25, -0.2) is 0 Å². The number of hydrogen-bond donors (Lipinski definition) is 2. The lowest BCUT2D eigenvalue weighted by atomic mass is 9.90. The van der Waals surface area contributed by atoms with Crippen molar-refractivity contribution in [1.82, 2.24) is 0 Å². The highest BCUT2D eigenvalue weighted by Gasteiger charge is 2.57. The molecule has 2 rings (SSSR count). The summed E-state index contributed by atoms with van der Waals surface area (Å²) in [5.41, 5.74) is -1.54. The number of carbonyl (C=O) groups is 1. The van der Waals surface area contributed by atoms with Crippen LogP contribution >= 0.6 is 0 Å². The minimum atomic E-state index is -1.54. The van der Waals surface area contributed by atoms with E-state index in [4.69, 9.17) is 9.47 Å². The van der Waals surface area contributed by atoms with E-state index in [1.165, 1.54) is 0 Å². The van der Waals surface area contributed by atoms with Crippen LogP contribution in [-0.2, 0) is 19.1 Å². The van der Waals surface area contributed by atoms with Gasteiger partial charge >= 0.3 is 0 Å². The molecule has 18 heavy (non-hydrogen) atoms. The highest BCUT2D eigenvalue weighted by atomic mass is 17.0. The Morgan fingerprint density at radius 1 is 1.61 bits per heavy atom. The number of aldehydes is 1. The van der Waals surface area contributed by atoms with Crippen molar-refractivity contribution >= 4 is 6.29 Å². The lowest BCUT2D eigenvalue weighted by Crippen LogP contribution is -2.46. The third kappa shape index (κ3) is 2.29. The molecule has 2 N–H and O–H groups in total. The maximum Gasteiger partial charge on any atom is 0.294 e. The molecule has 102 valence electrons. The molecule has 2 fully saturated rings. The van der Waals surface area contributed by atoms with E-state index in [1.807, 2.05) is 0 Å².